The van der Waals surface area contributed by atoms with Crippen LogP contribution < -0.4 is 10.6 Å². The molecule has 2 N–H and O–H groups in total. The first kappa shape index (κ1) is 23.2. The Bertz CT molecular complexity index is 1010. The maximum Gasteiger partial charge on any atom is 0.348 e. The van der Waals surface area contributed by atoms with Gasteiger partial charge in [0.1, 0.15) is 9.88 Å². The third kappa shape index (κ3) is 5.27. The lowest BCUT2D eigenvalue weighted by molar-refractivity contribution is -0.387. The predicted molar refractivity (Wildman–Crippen MR) is 114 cm³/mol. The Morgan fingerprint density at radius 3 is 2.43 bits per heavy atom. The molecule has 0 aliphatic heterocycles. The van der Waals surface area contributed by atoms with E-state index in [1.807, 2.05) is 0 Å². The number of nitrogens with zero attached hydrogens (tertiary/aromatic N) is 1. The molecule has 0 unspecified atom stereocenters. The van der Waals surface area contributed by atoms with E-state index < -0.39 is 28.4 Å². The number of nitrogens with one attached hydrogen (secondary N) is 2. The fourth-order valence-electron chi connectivity index (χ4n) is 2.44. The van der Waals surface area contributed by atoms with Crippen molar-refractivity contribution in [2.45, 2.75) is 20.8 Å². The molecule has 2 aromatic rings. The molecule has 0 saturated carbocycles. The van der Waals surface area contributed by atoms with Gasteiger partial charge in [0.15, 0.2) is 5.11 Å². The number of thiophene rings is 1. The van der Waals surface area contributed by atoms with Gasteiger partial charge in [-0.1, -0.05) is 0 Å². The van der Waals surface area contributed by atoms with Gasteiger partial charge in [0.25, 0.3) is 0 Å². The van der Waals surface area contributed by atoms with Crippen molar-refractivity contribution < 1.29 is 28.4 Å². The van der Waals surface area contributed by atoms with Crippen LogP contribution in [0.4, 0.5) is 20.8 Å². The van der Waals surface area contributed by atoms with E-state index in [9.17, 15) is 24.1 Å². The summed E-state index contributed by atoms with van der Waals surface area (Å²) in [6.07, 6.45) is 0. The molecule has 0 bridgehead atoms. The Morgan fingerprint density at radius 2 is 1.83 bits per heavy atom. The standard InChI is InChI=1S/C18H18FN3O6S2/c1-4-27-16(23)13-9(3)14(17(24)28-5-2)30-15(13)21-18(29)20-10-6-7-11(19)12(8-10)22(25)26/h6-8H,4-5H2,1-3H3,(H2,20,21,29). The van der Waals surface area contributed by atoms with Crippen LogP contribution in [0.25, 0.3) is 0 Å². The summed E-state index contributed by atoms with van der Waals surface area (Å²) in [4.78, 5) is 34.8. The minimum Gasteiger partial charge on any atom is -0.462 e. The monoisotopic (exact) mass is 455 g/mol. The highest BCUT2D eigenvalue weighted by molar-refractivity contribution is 7.80. The summed E-state index contributed by atoms with van der Waals surface area (Å²) in [5.41, 5.74) is -0.0532. The van der Waals surface area contributed by atoms with E-state index in [0.29, 0.717) is 5.56 Å². The lowest BCUT2D eigenvalue weighted by Crippen LogP contribution is -2.20. The molecular weight excluding hydrogens is 437 g/mol. The molecule has 30 heavy (non-hydrogen) atoms. The Kier molecular flexibility index (Phi) is 7.78. The van der Waals surface area contributed by atoms with Gasteiger partial charge in [-0.15, -0.1) is 11.3 Å². The number of nitro groups is 1. The molecular formula is C18H18FN3O6S2. The van der Waals surface area contributed by atoms with E-state index in [2.05, 4.69) is 10.6 Å². The quantitative estimate of drug-likeness (QED) is 0.273. The highest BCUT2D eigenvalue weighted by Crippen LogP contribution is 2.34. The molecule has 1 heterocycles. The Hall–Kier alpha value is -3.12. The topological polar surface area (TPSA) is 120 Å². The maximum atomic E-state index is 13.5. The first-order chi connectivity index (χ1) is 14.2. The van der Waals surface area contributed by atoms with Crippen molar-refractivity contribution in [3.8, 4) is 0 Å². The average molecular weight is 455 g/mol. The van der Waals surface area contributed by atoms with Crippen LogP contribution >= 0.6 is 23.6 Å². The number of esters is 2. The summed E-state index contributed by atoms with van der Waals surface area (Å²) >= 11 is 6.15. The van der Waals surface area contributed by atoms with Crippen molar-refractivity contribution in [2.75, 3.05) is 23.8 Å². The number of nitro benzene ring substituents is 1. The van der Waals surface area contributed by atoms with Gasteiger partial charge in [-0.05, 0) is 50.7 Å². The highest BCUT2D eigenvalue weighted by atomic mass is 32.1. The Labute approximate surface area is 180 Å². The number of rotatable bonds is 7. The third-order valence-electron chi connectivity index (χ3n) is 3.71. The van der Waals surface area contributed by atoms with E-state index in [-0.39, 0.29) is 39.5 Å². The lowest BCUT2D eigenvalue weighted by atomic mass is 10.1. The van der Waals surface area contributed by atoms with Gasteiger partial charge in [0.05, 0.1) is 23.7 Å². The first-order valence-corrected chi connectivity index (χ1v) is 9.91. The Balaban J connectivity index is 2.32. The zero-order valence-electron chi connectivity index (χ0n) is 16.2. The number of hydrogen-bond acceptors (Lipinski definition) is 8. The van der Waals surface area contributed by atoms with Crippen LogP contribution in [0.3, 0.4) is 0 Å². The van der Waals surface area contributed by atoms with Crippen molar-refractivity contribution in [3.63, 3.8) is 0 Å². The largest absolute Gasteiger partial charge is 0.462 e. The third-order valence-corrected chi connectivity index (χ3v) is 5.11. The second kappa shape index (κ2) is 10.1. The minimum atomic E-state index is -0.984. The average Bonchev–Trinajstić information content (AvgIpc) is 2.99. The van der Waals surface area contributed by atoms with Crippen molar-refractivity contribution in [2.24, 2.45) is 0 Å². The van der Waals surface area contributed by atoms with Crippen LogP contribution in [-0.2, 0) is 9.47 Å². The van der Waals surface area contributed by atoms with Crippen LogP contribution in [-0.4, -0.2) is 35.2 Å². The second-order valence-corrected chi connectivity index (χ2v) is 7.13. The number of thiocarbonyl (C=S) groups is 1. The lowest BCUT2D eigenvalue weighted by Gasteiger charge is -2.11. The highest BCUT2D eigenvalue weighted by Gasteiger charge is 2.27. The number of hydrogen-bond donors (Lipinski definition) is 2. The maximum absolute atomic E-state index is 13.5. The molecule has 0 radical (unpaired) electrons. The number of benzene rings is 1. The predicted octanol–water partition coefficient (Wildman–Crippen LogP) is 4.27. The normalized spacial score (nSPS) is 10.3. The number of carbonyl (C=O) groups is 2. The van der Waals surface area contributed by atoms with E-state index in [4.69, 9.17) is 21.7 Å². The summed E-state index contributed by atoms with van der Waals surface area (Å²) in [6.45, 7) is 5.18. The van der Waals surface area contributed by atoms with Crippen molar-refractivity contribution in [1.29, 1.82) is 0 Å². The van der Waals surface area contributed by atoms with Gasteiger partial charge in [-0.25, -0.2) is 9.59 Å². The molecule has 1 aromatic carbocycles. The fraction of sp³-hybridized carbons (Fsp3) is 0.278. The smallest absolute Gasteiger partial charge is 0.348 e. The zero-order chi connectivity index (χ0) is 22.4. The molecule has 2 rings (SSSR count). The molecule has 0 aliphatic carbocycles. The number of ether oxygens (including phenoxy) is 2. The molecule has 160 valence electrons. The van der Waals surface area contributed by atoms with Gasteiger partial charge < -0.3 is 20.1 Å². The molecule has 12 heteroatoms. The van der Waals surface area contributed by atoms with Gasteiger partial charge in [-0.2, -0.15) is 4.39 Å². The van der Waals surface area contributed by atoms with Crippen LogP contribution in [0.5, 0.6) is 0 Å². The summed E-state index contributed by atoms with van der Waals surface area (Å²) in [6, 6.07) is 3.19. The van der Waals surface area contributed by atoms with E-state index in [1.165, 1.54) is 6.07 Å². The number of carbonyl (C=O) groups excluding carboxylic acids is 2. The van der Waals surface area contributed by atoms with E-state index in [1.54, 1.807) is 20.8 Å². The zero-order valence-corrected chi connectivity index (χ0v) is 17.9. The van der Waals surface area contributed by atoms with Crippen LogP contribution in [0, 0.1) is 22.9 Å². The molecule has 9 nitrogen and oxygen atoms in total. The van der Waals surface area contributed by atoms with Gasteiger partial charge in [-0.3, -0.25) is 10.1 Å². The SMILES string of the molecule is CCOC(=O)c1sc(NC(=S)Nc2ccc(F)c([N+](=O)[O-])c2)c(C(=O)OCC)c1C. The number of halogens is 1. The minimum absolute atomic E-state index is 0.0295. The van der Waals surface area contributed by atoms with Crippen LogP contribution in [0.15, 0.2) is 18.2 Å². The molecule has 0 amide bonds. The van der Waals surface area contributed by atoms with E-state index >= 15 is 0 Å². The van der Waals surface area contributed by atoms with Crippen LogP contribution in [0.1, 0.15) is 39.4 Å². The molecule has 0 aliphatic rings. The molecule has 0 spiro atoms. The Morgan fingerprint density at radius 1 is 1.20 bits per heavy atom. The fourth-order valence-corrected chi connectivity index (χ4v) is 3.82. The summed E-state index contributed by atoms with van der Waals surface area (Å²) in [7, 11) is 0. The van der Waals surface area contributed by atoms with Gasteiger partial charge in [0.2, 0.25) is 5.82 Å². The first-order valence-electron chi connectivity index (χ1n) is 8.69. The summed E-state index contributed by atoms with van der Waals surface area (Å²) in [5.74, 6) is -2.22. The van der Waals surface area contributed by atoms with Crippen molar-refractivity contribution >= 4 is 57.0 Å². The summed E-state index contributed by atoms with van der Waals surface area (Å²) in [5, 5.41) is 16.6. The molecule has 0 atom stereocenters. The molecule has 0 fully saturated rings. The van der Waals surface area contributed by atoms with Crippen molar-refractivity contribution in [3.05, 3.63) is 50.1 Å². The van der Waals surface area contributed by atoms with Gasteiger partial charge >= 0.3 is 17.6 Å². The van der Waals surface area contributed by atoms with E-state index in [0.717, 1.165) is 23.5 Å². The summed E-state index contributed by atoms with van der Waals surface area (Å²) < 4.78 is 23.6. The molecule has 0 saturated heterocycles. The van der Waals surface area contributed by atoms with Gasteiger partial charge in [0, 0.05) is 11.8 Å². The number of anilines is 2. The van der Waals surface area contributed by atoms with Crippen molar-refractivity contribution in [1.82, 2.24) is 0 Å². The van der Waals surface area contributed by atoms with Crippen LogP contribution in [0.2, 0.25) is 0 Å². The second-order valence-electron chi connectivity index (χ2n) is 5.70. The molecule has 1 aromatic heterocycles.